The first-order chi connectivity index (χ1) is 10.1. The normalized spacial score (nSPS) is 10.0. The summed E-state index contributed by atoms with van der Waals surface area (Å²) >= 11 is 5.88. The molecule has 0 atom stereocenters. The highest BCUT2D eigenvalue weighted by Crippen LogP contribution is 2.15. The van der Waals surface area contributed by atoms with E-state index in [-0.39, 0.29) is 5.91 Å². The minimum Gasteiger partial charge on any atom is -0.375 e. The lowest BCUT2D eigenvalue weighted by atomic mass is 10.2. The van der Waals surface area contributed by atoms with E-state index in [1.807, 2.05) is 31.3 Å². The highest BCUT2D eigenvalue weighted by molar-refractivity contribution is 6.30. The largest absolute Gasteiger partial charge is 0.375 e. The van der Waals surface area contributed by atoms with Gasteiger partial charge in [0, 0.05) is 29.9 Å². The molecule has 110 valence electrons. The molecule has 0 saturated heterocycles. The summed E-state index contributed by atoms with van der Waals surface area (Å²) in [5, 5.41) is 0.612. The second kappa shape index (κ2) is 6.99. The molecular weight excluding hydrogens is 286 g/mol. The Morgan fingerprint density at radius 1 is 1.19 bits per heavy atom. The van der Waals surface area contributed by atoms with Gasteiger partial charge in [0.25, 0.3) is 5.91 Å². The van der Waals surface area contributed by atoms with Crippen LogP contribution in [0.1, 0.15) is 17.3 Å². The van der Waals surface area contributed by atoms with Crippen molar-refractivity contribution in [3.8, 4) is 0 Å². The fourth-order valence-corrected chi connectivity index (χ4v) is 2.01. The predicted octanol–water partition coefficient (Wildman–Crippen LogP) is 3.55. The average Bonchev–Trinajstić information content (AvgIpc) is 2.52. The van der Waals surface area contributed by atoms with Crippen molar-refractivity contribution in [3.05, 3.63) is 59.1 Å². The summed E-state index contributed by atoms with van der Waals surface area (Å²) in [5.41, 5.74) is 7.89. The third kappa shape index (κ3) is 4.13. The van der Waals surface area contributed by atoms with Crippen LogP contribution in [0.5, 0.6) is 0 Å². The van der Waals surface area contributed by atoms with Gasteiger partial charge in [0.05, 0.1) is 5.69 Å². The standard InChI is InChI=1S/C16H18ClN3O/c1-3-20(2)15-9-7-12(8-10-15)16(21)19-18-14-6-4-5-13(17)11-14/h4-11,18H,3H2,1-2H3,(H,19,21). The quantitative estimate of drug-likeness (QED) is 0.830. The molecule has 2 N–H and O–H groups in total. The molecule has 1 amide bonds. The van der Waals surface area contributed by atoms with E-state index in [4.69, 9.17) is 11.6 Å². The van der Waals surface area contributed by atoms with Crippen molar-refractivity contribution >= 4 is 28.9 Å². The highest BCUT2D eigenvalue weighted by atomic mass is 35.5. The fourth-order valence-electron chi connectivity index (χ4n) is 1.82. The van der Waals surface area contributed by atoms with E-state index in [2.05, 4.69) is 22.7 Å². The van der Waals surface area contributed by atoms with E-state index in [0.29, 0.717) is 10.6 Å². The topological polar surface area (TPSA) is 44.4 Å². The van der Waals surface area contributed by atoms with E-state index in [1.165, 1.54) is 0 Å². The summed E-state index contributed by atoms with van der Waals surface area (Å²) in [5.74, 6) is -0.194. The second-order valence-electron chi connectivity index (χ2n) is 4.65. The van der Waals surface area contributed by atoms with E-state index in [0.717, 1.165) is 17.9 Å². The number of nitrogens with zero attached hydrogens (tertiary/aromatic N) is 1. The molecule has 21 heavy (non-hydrogen) atoms. The zero-order valence-electron chi connectivity index (χ0n) is 12.1. The maximum Gasteiger partial charge on any atom is 0.269 e. The summed E-state index contributed by atoms with van der Waals surface area (Å²) in [7, 11) is 2.01. The van der Waals surface area contributed by atoms with Crippen LogP contribution >= 0.6 is 11.6 Å². The molecule has 0 spiro atoms. The minimum atomic E-state index is -0.194. The molecule has 0 aliphatic heterocycles. The Hall–Kier alpha value is -2.20. The Labute approximate surface area is 129 Å². The van der Waals surface area contributed by atoms with Gasteiger partial charge in [-0.25, -0.2) is 0 Å². The number of anilines is 2. The molecule has 2 aromatic carbocycles. The summed E-state index contributed by atoms with van der Waals surface area (Å²) in [6, 6.07) is 14.6. The first-order valence-electron chi connectivity index (χ1n) is 6.73. The van der Waals surface area contributed by atoms with Crippen LogP contribution < -0.4 is 15.8 Å². The number of nitrogens with one attached hydrogen (secondary N) is 2. The number of carbonyl (C=O) groups is 1. The maximum atomic E-state index is 12.0. The summed E-state index contributed by atoms with van der Waals surface area (Å²) in [6.45, 7) is 3.00. The van der Waals surface area contributed by atoms with Crippen LogP contribution in [0.15, 0.2) is 48.5 Å². The van der Waals surface area contributed by atoms with Crippen molar-refractivity contribution in [3.63, 3.8) is 0 Å². The third-order valence-corrected chi connectivity index (χ3v) is 3.42. The number of hydrazine groups is 1. The molecule has 0 bridgehead atoms. The van der Waals surface area contributed by atoms with Gasteiger partial charge in [-0.2, -0.15) is 0 Å². The smallest absolute Gasteiger partial charge is 0.269 e. The Balaban J connectivity index is 1.97. The molecule has 0 radical (unpaired) electrons. The zero-order chi connectivity index (χ0) is 15.2. The van der Waals surface area contributed by atoms with Crippen LogP contribution in [-0.4, -0.2) is 19.5 Å². The van der Waals surface area contributed by atoms with Crippen LogP contribution in [0.3, 0.4) is 0 Å². The lowest BCUT2D eigenvalue weighted by molar-refractivity contribution is 0.0962. The van der Waals surface area contributed by atoms with Gasteiger partial charge in [-0.1, -0.05) is 17.7 Å². The Bertz CT molecular complexity index is 613. The van der Waals surface area contributed by atoms with Crippen molar-refractivity contribution < 1.29 is 4.79 Å². The number of carbonyl (C=O) groups excluding carboxylic acids is 1. The highest BCUT2D eigenvalue weighted by Gasteiger charge is 2.06. The van der Waals surface area contributed by atoms with Gasteiger partial charge >= 0.3 is 0 Å². The number of hydrogen-bond acceptors (Lipinski definition) is 3. The minimum absolute atomic E-state index is 0.194. The Kier molecular flexibility index (Phi) is 5.06. The van der Waals surface area contributed by atoms with Crippen molar-refractivity contribution in [2.24, 2.45) is 0 Å². The van der Waals surface area contributed by atoms with Gasteiger partial charge in [-0.3, -0.25) is 15.6 Å². The molecule has 0 fully saturated rings. The molecule has 0 aliphatic rings. The Morgan fingerprint density at radius 3 is 2.52 bits per heavy atom. The van der Waals surface area contributed by atoms with Crippen molar-refractivity contribution in [2.75, 3.05) is 23.9 Å². The van der Waals surface area contributed by atoms with Gasteiger partial charge < -0.3 is 4.90 Å². The first-order valence-corrected chi connectivity index (χ1v) is 7.11. The number of benzene rings is 2. The van der Waals surface area contributed by atoms with Gasteiger partial charge in [-0.05, 0) is 49.4 Å². The van der Waals surface area contributed by atoms with Gasteiger partial charge in [0.1, 0.15) is 0 Å². The van der Waals surface area contributed by atoms with Crippen LogP contribution in [0, 0.1) is 0 Å². The maximum absolute atomic E-state index is 12.0. The molecule has 0 aromatic heterocycles. The van der Waals surface area contributed by atoms with Crippen LogP contribution in [0.4, 0.5) is 11.4 Å². The molecule has 0 aliphatic carbocycles. The zero-order valence-corrected chi connectivity index (χ0v) is 12.8. The third-order valence-electron chi connectivity index (χ3n) is 3.19. The van der Waals surface area contributed by atoms with E-state index >= 15 is 0 Å². The molecule has 0 saturated carbocycles. The first kappa shape index (κ1) is 15.2. The molecule has 0 unspecified atom stereocenters. The summed E-state index contributed by atoms with van der Waals surface area (Å²) < 4.78 is 0. The fraction of sp³-hybridized carbons (Fsp3) is 0.188. The van der Waals surface area contributed by atoms with Gasteiger partial charge in [0.2, 0.25) is 0 Å². The van der Waals surface area contributed by atoms with E-state index in [1.54, 1.807) is 24.3 Å². The molecule has 2 rings (SSSR count). The predicted molar refractivity (Wildman–Crippen MR) is 87.9 cm³/mol. The number of hydrogen-bond donors (Lipinski definition) is 2. The van der Waals surface area contributed by atoms with Crippen molar-refractivity contribution in [1.29, 1.82) is 0 Å². The van der Waals surface area contributed by atoms with E-state index in [9.17, 15) is 4.79 Å². The number of rotatable bonds is 5. The monoisotopic (exact) mass is 303 g/mol. The van der Waals surface area contributed by atoms with Crippen LogP contribution in [0.2, 0.25) is 5.02 Å². The van der Waals surface area contributed by atoms with E-state index < -0.39 is 0 Å². The molecule has 5 heteroatoms. The van der Waals surface area contributed by atoms with Crippen molar-refractivity contribution in [1.82, 2.24) is 5.43 Å². The van der Waals surface area contributed by atoms with Crippen LogP contribution in [0.25, 0.3) is 0 Å². The Morgan fingerprint density at radius 2 is 1.90 bits per heavy atom. The summed E-state index contributed by atoms with van der Waals surface area (Å²) in [4.78, 5) is 14.1. The summed E-state index contributed by atoms with van der Waals surface area (Å²) in [6.07, 6.45) is 0. The molecule has 4 nitrogen and oxygen atoms in total. The van der Waals surface area contributed by atoms with Gasteiger partial charge in [0.15, 0.2) is 0 Å². The second-order valence-corrected chi connectivity index (χ2v) is 5.09. The van der Waals surface area contributed by atoms with Crippen molar-refractivity contribution in [2.45, 2.75) is 6.92 Å². The molecule has 2 aromatic rings. The lowest BCUT2D eigenvalue weighted by Crippen LogP contribution is -2.29. The average molecular weight is 304 g/mol. The number of amides is 1. The van der Waals surface area contributed by atoms with Crippen LogP contribution in [-0.2, 0) is 0 Å². The lowest BCUT2D eigenvalue weighted by Gasteiger charge is -2.16. The van der Waals surface area contributed by atoms with Gasteiger partial charge in [-0.15, -0.1) is 0 Å². The number of halogens is 1. The molecule has 0 heterocycles. The molecular formula is C16H18ClN3O. The SMILES string of the molecule is CCN(C)c1ccc(C(=O)NNc2cccc(Cl)c2)cc1.